The van der Waals surface area contributed by atoms with E-state index >= 15 is 0 Å². The van der Waals surface area contributed by atoms with Gasteiger partial charge in [-0.3, -0.25) is 4.79 Å². The van der Waals surface area contributed by atoms with E-state index in [0.717, 1.165) is 0 Å². The number of carbonyl (C=O) groups is 1. The minimum Gasteiger partial charge on any atom is -0.309 e. The van der Waals surface area contributed by atoms with Crippen molar-refractivity contribution in [1.29, 1.82) is 0 Å². The van der Waals surface area contributed by atoms with Crippen molar-refractivity contribution < 1.29 is 9.90 Å². The topological polar surface area (TPSA) is 52.2 Å². The fourth-order valence-electron chi connectivity index (χ4n) is 1.02. The minimum atomic E-state index is -1.08. The Hall–Kier alpha value is -0.870. The van der Waals surface area contributed by atoms with E-state index in [-0.39, 0.29) is 12.5 Å². The van der Waals surface area contributed by atoms with Crippen LogP contribution in [0.4, 0.5) is 0 Å². The summed E-state index contributed by atoms with van der Waals surface area (Å²) >= 11 is 0. The van der Waals surface area contributed by atoms with Crippen molar-refractivity contribution in [3.8, 4) is 0 Å². The van der Waals surface area contributed by atoms with Crippen molar-refractivity contribution in [2.45, 2.75) is 6.23 Å². The Morgan fingerprint density at radius 3 is 3.00 bits per heavy atom. The summed E-state index contributed by atoms with van der Waals surface area (Å²) in [7, 11) is 0. The van der Waals surface area contributed by atoms with Gasteiger partial charge in [-0.05, 0) is 6.08 Å². The van der Waals surface area contributed by atoms with Crippen LogP contribution in [-0.4, -0.2) is 36.7 Å². The maximum atomic E-state index is 11.0. The van der Waals surface area contributed by atoms with Crippen molar-refractivity contribution >= 4 is 5.91 Å². The molecule has 1 N–H and O–H groups in total. The van der Waals surface area contributed by atoms with Gasteiger partial charge >= 0.3 is 0 Å². The van der Waals surface area contributed by atoms with Crippen LogP contribution in [0.3, 0.4) is 0 Å². The SMILES string of the molecule is C=CC([O])N1CCNCC1=O. The third-order valence-corrected chi connectivity index (χ3v) is 1.63. The van der Waals surface area contributed by atoms with Crippen molar-refractivity contribution in [3.05, 3.63) is 12.7 Å². The fraction of sp³-hybridized carbons (Fsp3) is 0.571. The first kappa shape index (κ1) is 8.23. The maximum Gasteiger partial charge on any atom is 0.238 e. The Morgan fingerprint density at radius 2 is 2.45 bits per heavy atom. The summed E-state index contributed by atoms with van der Waals surface area (Å²) < 4.78 is 0. The van der Waals surface area contributed by atoms with Gasteiger partial charge < -0.3 is 10.2 Å². The van der Waals surface area contributed by atoms with Crippen LogP contribution in [0.1, 0.15) is 0 Å². The van der Waals surface area contributed by atoms with Crippen LogP contribution >= 0.6 is 0 Å². The predicted molar refractivity (Wildman–Crippen MR) is 39.3 cm³/mol. The van der Waals surface area contributed by atoms with Crippen molar-refractivity contribution in [1.82, 2.24) is 10.2 Å². The third kappa shape index (κ3) is 1.78. The molecular weight excluding hydrogens is 144 g/mol. The summed E-state index contributed by atoms with van der Waals surface area (Å²) in [6.45, 7) is 4.79. The highest BCUT2D eigenvalue weighted by Crippen LogP contribution is 2.00. The van der Waals surface area contributed by atoms with Gasteiger partial charge in [0.1, 0.15) is 0 Å². The molecule has 11 heavy (non-hydrogen) atoms. The van der Waals surface area contributed by atoms with Crippen LogP contribution in [0, 0.1) is 0 Å². The molecule has 1 radical (unpaired) electrons. The smallest absolute Gasteiger partial charge is 0.238 e. The molecule has 0 spiro atoms. The Labute approximate surface area is 65.5 Å². The number of nitrogens with one attached hydrogen (secondary N) is 1. The molecule has 1 aliphatic heterocycles. The molecule has 1 amide bonds. The minimum absolute atomic E-state index is 0.142. The lowest BCUT2D eigenvalue weighted by molar-refractivity contribution is -0.143. The molecule has 1 aliphatic rings. The molecular formula is C7H11N2O2. The van der Waals surface area contributed by atoms with Crippen molar-refractivity contribution in [2.75, 3.05) is 19.6 Å². The van der Waals surface area contributed by atoms with E-state index in [9.17, 15) is 9.90 Å². The molecule has 0 aromatic rings. The van der Waals surface area contributed by atoms with Gasteiger partial charge in [0.25, 0.3) is 0 Å². The summed E-state index contributed by atoms with van der Waals surface area (Å²) in [5, 5.41) is 13.9. The van der Waals surface area contributed by atoms with E-state index in [4.69, 9.17) is 0 Å². The molecule has 1 atom stereocenters. The number of piperazine rings is 1. The number of hydrogen-bond donors (Lipinski definition) is 1. The summed E-state index contributed by atoms with van der Waals surface area (Å²) in [6.07, 6.45) is 0.160. The molecule has 61 valence electrons. The number of hydrogen-bond acceptors (Lipinski definition) is 2. The highest BCUT2D eigenvalue weighted by atomic mass is 16.3. The van der Waals surface area contributed by atoms with Gasteiger partial charge in [0.15, 0.2) is 6.23 Å². The highest BCUT2D eigenvalue weighted by molar-refractivity contribution is 5.79. The van der Waals surface area contributed by atoms with Gasteiger partial charge in [-0.25, -0.2) is 5.11 Å². The quantitative estimate of drug-likeness (QED) is 0.539. The van der Waals surface area contributed by atoms with E-state index in [0.29, 0.717) is 13.1 Å². The van der Waals surface area contributed by atoms with Gasteiger partial charge in [0, 0.05) is 13.1 Å². The number of rotatable bonds is 2. The van der Waals surface area contributed by atoms with Gasteiger partial charge in [0.2, 0.25) is 5.91 Å². The van der Waals surface area contributed by atoms with E-state index in [1.807, 2.05) is 0 Å². The molecule has 0 bridgehead atoms. The summed E-state index contributed by atoms with van der Waals surface area (Å²) in [4.78, 5) is 12.3. The molecule has 4 heteroatoms. The lowest BCUT2D eigenvalue weighted by Crippen LogP contribution is -2.51. The highest BCUT2D eigenvalue weighted by Gasteiger charge is 2.22. The number of amides is 1. The Bertz CT molecular complexity index is 170. The van der Waals surface area contributed by atoms with Crippen molar-refractivity contribution in [3.63, 3.8) is 0 Å². The van der Waals surface area contributed by atoms with Gasteiger partial charge in [-0.1, -0.05) is 6.58 Å². The zero-order valence-electron chi connectivity index (χ0n) is 6.25. The molecule has 0 aromatic carbocycles. The molecule has 1 saturated heterocycles. The second kappa shape index (κ2) is 3.50. The predicted octanol–water partition coefficient (Wildman–Crippen LogP) is -0.639. The van der Waals surface area contributed by atoms with Crippen LogP contribution in [0.2, 0.25) is 0 Å². The molecule has 1 heterocycles. The monoisotopic (exact) mass is 155 g/mol. The zero-order valence-corrected chi connectivity index (χ0v) is 6.25. The molecule has 1 rings (SSSR count). The van der Waals surface area contributed by atoms with Crippen LogP contribution < -0.4 is 5.32 Å². The van der Waals surface area contributed by atoms with Crippen LogP contribution in [0.5, 0.6) is 0 Å². The molecule has 0 saturated carbocycles. The first-order valence-corrected chi connectivity index (χ1v) is 3.54. The van der Waals surface area contributed by atoms with Crippen LogP contribution in [0.25, 0.3) is 0 Å². The average Bonchev–Trinajstić information content (AvgIpc) is 2.04. The first-order chi connectivity index (χ1) is 5.25. The third-order valence-electron chi connectivity index (χ3n) is 1.63. The Morgan fingerprint density at radius 1 is 1.73 bits per heavy atom. The standard InChI is InChI=1S/C7H11N2O2/c1-2-6(10)9-4-3-8-5-7(9)11/h2,6,8H,1,3-5H2. The lowest BCUT2D eigenvalue weighted by Gasteiger charge is -2.28. The second-order valence-corrected chi connectivity index (χ2v) is 2.39. The van der Waals surface area contributed by atoms with Crippen LogP contribution in [-0.2, 0) is 9.90 Å². The molecule has 1 fully saturated rings. The van der Waals surface area contributed by atoms with Crippen molar-refractivity contribution in [2.24, 2.45) is 0 Å². The Kier molecular flexibility index (Phi) is 2.62. The fourth-order valence-corrected chi connectivity index (χ4v) is 1.02. The van der Waals surface area contributed by atoms with Gasteiger partial charge in [0.05, 0.1) is 6.54 Å². The summed E-state index contributed by atoms with van der Waals surface area (Å²) in [6, 6.07) is 0. The maximum absolute atomic E-state index is 11.0. The second-order valence-electron chi connectivity index (χ2n) is 2.39. The molecule has 1 unspecified atom stereocenters. The zero-order chi connectivity index (χ0) is 8.27. The molecule has 4 nitrogen and oxygen atoms in total. The number of nitrogens with zero attached hydrogens (tertiary/aromatic N) is 1. The average molecular weight is 155 g/mol. The van der Waals surface area contributed by atoms with E-state index in [1.165, 1.54) is 11.0 Å². The van der Waals surface area contributed by atoms with Crippen LogP contribution in [0.15, 0.2) is 12.7 Å². The van der Waals surface area contributed by atoms with E-state index < -0.39 is 6.23 Å². The van der Waals surface area contributed by atoms with Gasteiger partial charge in [-0.15, -0.1) is 0 Å². The van der Waals surface area contributed by atoms with E-state index in [1.54, 1.807) is 0 Å². The summed E-state index contributed by atoms with van der Waals surface area (Å²) in [5.74, 6) is -0.142. The first-order valence-electron chi connectivity index (χ1n) is 3.54. The van der Waals surface area contributed by atoms with E-state index in [2.05, 4.69) is 11.9 Å². The number of carbonyl (C=O) groups excluding carboxylic acids is 1. The van der Waals surface area contributed by atoms with Gasteiger partial charge in [-0.2, -0.15) is 0 Å². The Balaban J connectivity index is 2.53. The molecule has 0 aromatic heterocycles. The molecule has 0 aliphatic carbocycles. The summed E-state index contributed by atoms with van der Waals surface area (Å²) in [5.41, 5.74) is 0. The normalized spacial score (nSPS) is 21.5. The largest absolute Gasteiger partial charge is 0.309 e. The lowest BCUT2D eigenvalue weighted by atomic mass is 10.3.